The van der Waals surface area contributed by atoms with Gasteiger partial charge in [0.2, 0.25) is 15.0 Å². The van der Waals surface area contributed by atoms with Crippen molar-refractivity contribution in [1.29, 1.82) is 0 Å². The van der Waals surface area contributed by atoms with E-state index >= 15 is 0 Å². The van der Waals surface area contributed by atoms with Crippen LogP contribution in [0, 0.1) is 11.6 Å². The van der Waals surface area contributed by atoms with Crippen molar-refractivity contribution in [1.82, 2.24) is 14.5 Å². The molecule has 1 N–H and O–H groups in total. The highest BCUT2D eigenvalue weighted by atomic mass is 32.2. The zero-order valence-electron chi connectivity index (χ0n) is 16.2. The Labute approximate surface area is 181 Å². The van der Waals surface area contributed by atoms with Crippen LogP contribution >= 0.6 is 11.3 Å². The average molecular weight is 465 g/mol. The van der Waals surface area contributed by atoms with Gasteiger partial charge in [0.1, 0.15) is 16.6 Å². The number of sulfonamides is 1. The second-order valence-corrected chi connectivity index (χ2v) is 10.0. The molecule has 0 aliphatic carbocycles. The zero-order valence-corrected chi connectivity index (χ0v) is 17.8. The molecule has 31 heavy (non-hydrogen) atoms. The van der Waals surface area contributed by atoms with Crippen molar-refractivity contribution in [3.05, 3.63) is 70.2 Å². The number of nitrogens with one attached hydrogen (secondary N) is 1. The number of piperidine rings is 1. The number of hydrogen-bond donors (Lipinski definition) is 1. The molecule has 1 fully saturated rings. The minimum absolute atomic E-state index is 0.0335. The molecule has 4 rings (SSSR count). The highest BCUT2D eigenvalue weighted by molar-refractivity contribution is 7.89. The fraction of sp³-hybridized carbons (Fsp3) is 0.250. The lowest BCUT2D eigenvalue weighted by molar-refractivity contribution is 0.102. The standard InChI is InChI=1S/C20H18F2N4O3S2/c21-14-3-7-16(8-4-14)23-18(27)20-25-24-19(30-20)13-2-1-11-26(12-13)31(28,29)17-9-5-15(22)6-10-17/h3-10,13H,1-2,11-12H2,(H,23,27). The second kappa shape index (κ2) is 8.77. The maximum atomic E-state index is 13.2. The van der Waals surface area contributed by atoms with Crippen molar-refractivity contribution in [2.24, 2.45) is 0 Å². The summed E-state index contributed by atoms with van der Waals surface area (Å²) in [7, 11) is -3.76. The predicted octanol–water partition coefficient (Wildman–Crippen LogP) is 3.64. The van der Waals surface area contributed by atoms with E-state index in [1.165, 1.54) is 40.7 Å². The Balaban J connectivity index is 1.46. The molecule has 1 amide bonds. The van der Waals surface area contributed by atoms with Crippen molar-refractivity contribution in [3.63, 3.8) is 0 Å². The topological polar surface area (TPSA) is 92.3 Å². The molecule has 0 spiro atoms. The van der Waals surface area contributed by atoms with Crippen molar-refractivity contribution < 1.29 is 22.0 Å². The maximum absolute atomic E-state index is 13.2. The quantitative estimate of drug-likeness (QED) is 0.623. The van der Waals surface area contributed by atoms with Gasteiger partial charge in [-0.25, -0.2) is 17.2 Å². The summed E-state index contributed by atoms with van der Waals surface area (Å²) >= 11 is 1.10. The average Bonchev–Trinajstić information content (AvgIpc) is 3.26. The molecule has 2 heterocycles. The lowest BCUT2D eigenvalue weighted by atomic mass is 10.0. The van der Waals surface area contributed by atoms with E-state index in [1.54, 1.807) is 0 Å². The fourth-order valence-electron chi connectivity index (χ4n) is 3.33. The van der Waals surface area contributed by atoms with Gasteiger partial charge in [-0.2, -0.15) is 4.31 Å². The van der Waals surface area contributed by atoms with Crippen LogP contribution in [0.25, 0.3) is 0 Å². The van der Waals surface area contributed by atoms with Gasteiger partial charge < -0.3 is 5.32 Å². The molecule has 1 unspecified atom stereocenters. The van der Waals surface area contributed by atoms with E-state index in [9.17, 15) is 22.0 Å². The monoisotopic (exact) mass is 464 g/mol. The fourth-order valence-corrected chi connectivity index (χ4v) is 5.72. The third-order valence-electron chi connectivity index (χ3n) is 4.92. The number of carbonyl (C=O) groups is 1. The number of rotatable bonds is 5. The molecule has 0 radical (unpaired) electrons. The van der Waals surface area contributed by atoms with Gasteiger partial charge in [0.05, 0.1) is 4.90 Å². The number of halogens is 2. The molecule has 1 atom stereocenters. The van der Waals surface area contributed by atoms with Gasteiger partial charge >= 0.3 is 0 Å². The van der Waals surface area contributed by atoms with Crippen LogP contribution in [0.3, 0.4) is 0 Å². The van der Waals surface area contributed by atoms with Crippen LogP contribution in [0.2, 0.25) is 0 Å². The first-order valence-corrected chi connectivity index (χ1v) is 11.7. The van der Waals surface area contributed by atoms with Crippen LogP contribution in [0.4, 0.5) is 14.5 Å². The molecule has 11 heteroatoms. The van der Waals surface area contributed by atoms with Gasteiger partial charge in [0, 0.05) is 24.7 Å². The first kappa shape index (κ1) is 21.5. The number of benzene rings is 2. The normalized spacial score (nSPS) is 17.4. The van der Waals surface area contributed by atoms with Crippen LogP contribution in [0.5, 0.6) is 0 Å². The molecule has 0 saturated carbocycles. The third kappa shape index (κ3) is 4.78. The minimum atomic E-state index is -3.76. The SMILES string of the molecule is O=C(Nc1ccc(F)cc1)c1nnc(C2CCCN(S(=O)(=O)c3ccc(F)cc3)C2)s1. The van der Waals surface area contributed by atoms with E-state index in [0.717, 1.165) is 23.5 Å². The Kier molecular flexibility index (Phi) is 6.08. The molecule has 1 saturated heterocycles. The Morgan fingerprint density at radius 1 is 1.03 bits per heavy atom. The summed E-state index contributed by atoms with van der Waals surface area (Å²) in [6.07, 6.45) is 1.34. The molecule has 3 aromatic rings. The molecule has 1 aliphatic rings. The van der Waals surface area contributed by atoms with Crippen molar-refractivity contribution in [2.45, 2.75) is 23.7 Å². The van der Waals surface area contributed by atoms with Gasteiger partial charge in [-0.15, -0.1) is 10.2 Å². The van der Waals surface area contributed by atoms with Crippen LogP contribution in [-0.2, 0) is 10.0 Å². The third-order valence-corrected chi connectivity index (χ3v) is 7.89. The van der Waals surface area contributed by atoms with Crippen LogP contribution in [0.15, 0.2) is 53.4 Å². The van der Waals surface area contributed by atoms with E-state index in [4.69, 9.17) is 0 Å². The molecule has 0 bridgehead atoms. The van der Waals surface area contributed by atoms with Crippen LogP contribution in [-0.4, -0.2) is 41.9 Å². The van der Waals surface area contributed by atoms with Crippen LogP contribution < -0.4 is 5.32 Å². The summed E-state index contributed by atoms with van der Waals surface area (Å²) in [5.74, 6) is -1.58. The van der Waals surface area contributed by atoms with Gasteiger partial charge in [0.15, 0.2) is 0 Å². The molecule has 2 aromatic carbocycles. The Bertz CT molecular complexity index is 1180. The van der Waals surface area contributed by atoms with E-state index < -0.39 is 27.6 Å². The minimum Gasteiger partial charge on any atom is -0.320 e. The Morgan fingerprint density at radius 2 is 1.68 bits per heavy atom. The predicted molar refractivity (Wildman–Crippen MR) is 111 cm³/mol. The van der Waals surface area contributed by atoms with Gasteiger partial charge in [0.25, 0.3) is 5.91 Å². The molecule has 162 valence electrons. The summed E-state index contributed by atoms with van der Waals surface area (Å²) in [4.78, 5) is 12.4. The van der Waals surface area contributed by atoms with Gasteiger partial charge in [-0.05, 0) is 61.4 Å². The number of anilines is 1. The lowest BCUT2D eigenvalue weighted by Crippen LogP contribution is -2.39. The molecule has 1 aliphatic heterocycles. The zero-order chi connectivity index (χ0) is 22.0. The summed E-state index contributed by atoms with van der Waals surface area (Å²) in [6, 6.07) is 10.1. The molecule has 1 aromatic heterocycles. The Morgan fingerprint density at radius 3 is 2.35 bits per heavy atom. The Hall–Kier alpha value is -2.76. The number of aromatic nitrogens is 2. The number of nitrogens with zero attached hydrogens (tertiary/aromatic N) is 3. The number of hydrogen-bond acceptors (Lipinski definition) is 6. The van der Waals surface area contributed by atoms with E-state index in [0.29, 0.717) is 30.1 Å². The van der Waals surface area contributed by atoms with Crippen molar-refractivity contribution in [3.8, 4) is 0 Å². The summed E-state index contributed by atoms with van der Waals surface area (Å²) < 4.78 is 53.3. The molecular formula is C20H18F2N4O3S2. The summed E-state index contributed by atoms with van der Waals surface area (Å²) in [5.41, 5.74) is 0.428. The van der Waals surface area contributed by atoms with Crippen LogP contribution in [0.1, 0.15) is 33.6 Å². The molecular weight excluding hydrogens is 446 g/mol. The lowest BCUT2D eigenvalue weighted by Gasteiger charge is -2.30. The van der Waals surface area contributed by atoms with Gasteiger partial charge in [-0.3, -0.25) is 4.79 Å². The van der Waals surface area contributed by atoms with Gasteiger partial charge in [-0.1, -0.05) is 11.3 Å². The highest BCUT2D eigenvalue weighted by Crippen LogP contribution is 2.32. The number of amides is 1. The smallest absolute Gasteiger partial charge is 0.286 e. The second-order valence-electron chi connectivity index (χ2n) is 7.06. The van der Waals surface area contributed by atoms with Crippen molar-refractivity contribution in [2.75, 3.05) is 18.4 Å². The first-order valence-electron chi connectivity index (χ1n) is 9.49. The summed E-state index contributed by atoms with van der Waals surface area (Å²) in [5, 5.41) is 11.4. The van der Waals surface area contributed by atoms with Crippen molar-refractivity contribution >= 4 is 33.0 Å². The van der Waals surface area contributed by atoms with E-state index in [-0.39, 0.29) is 22.4 Å². The maximum Gasteiger partial charge on any atom is 0.286 e. The van der Waals surface area contributed by atoms with E-state index in [2.05, 4.69) is 15.5 Å². The largest absolute Gasteiger partial charge is 0.320 e. The highest BCUT2D eigenvalue weighted by Gasteiger charge is 2.32. The number of carbonyl (C=O) groups excluding carboxylic acids is 1. The van der Waals surface area contributed by atoms with E-state index in [1.807, 2.05) is 0 Å². The summed E-state index contributed by atoms with van der Waals surface area (Å²) in [6.45, 7) is 0.556. The molecule has 7 nitrogen and oxygen atoms in total. The first-order chi connectivity index (χ1) is 14.8.